The lowest BCUT2D eigenvalue weighted by Gasteiger charge is -2.15. The fourth-order valence-electron chi connectivity index (χ4n) is 3.80. The number of para-hydroxylation sites is 1. The molecule has 0 aliphatic carbocycles. The van der Waals surface area contributed by atoms with E-state index in [4.69, 9.17) is 0 Å². The van der Waals surface area contributed by atoms with E-state index in [0.717, 1.165) is 34.4 Å². The SMILES string of the molecule is Cc1ccc(-c2nnc3c4ccccc4n(Cc4ccccc4)cc2-3)cc1C. The van der Waals surface area contributed by atoms with Crippen molar-refractivity contribution in [3.05, 3.63) is 95.7 Å². The molecule has 0 aromatic heterocycles. The van der Waals surface area contributed by atoms with Crippen molar-refractivity contribution in [1.29, 1.82) is 0 Å². The normalized spacial score (nSPS) is 11.4. The monoisotopic (exact) mass is 363 g/mol. The van der Waals surface area contributed by atoms with Crippen LogP contribution in [-0.2, 0) is 6.54 Å². The van der Waals surface area contributed by atoms with Crippen LogP contribution in [-0.4, -0.2) is 14.8 Å². The molecule has 2 aliphatic heterocycles. The molecule has 0 saturated heterocycles. The minimum absolute atomic E-state index is 0.814. The van der Waals surface area contributed by atoms with Crippen LogP contribution in [0.1, 0.15) is 16.7 Å². The topological polar surface area (TPSA) is 30.7 Å². The minimum Gasteiger partial charge on any atom is -0.342 e. The van der Waals surface area contributed by atoms with Gasteiger partial charge in [-0.2, -0.15) is 0 Å². The lowest BCUT2D eigenvalue weighted by molar-refractivity contribution is 0.828. The second-order valence-electron chi connectivity index (χ2n) is 7.37. The fourth-order valence-corrected chi connectivity index (χ4v) is 3.80. The highest BCUT2D eigenvalue weighted by atomic mass is 15.1. The van der Waals surface area contributed by atoms with E-state index in [0.29, 0.717) is 0 Å². The van der Waals surface area contributed by atoms with Gasteiger partial charge in [0.25, 0.3) is 0 Å². The molecule has 0 atom stereocenters. The van der Waals surface area contributed by atoms with Crippen LogP contribution < -0.4 is 0 Å². The molecule has 0 N–H and O–H groups in total. The number of hydrogen-bond donors (Lipinski definition) is 0. The third-order valence-electron chi connectivity index (χ3n) is 5.49. The summed E-state index contributed by atoms with van der Waals surface area (Å²) in [6, 6.07) is 25.5. The van der Waals surface area contributed by atoms with Crippen molar-refractivity contribution in [2.24, 2.45) is 0 Å². The first-order valence-corrected chi connectivity index (χ1v) is 9.56. The summed E-state index contributed by atoms with van der Waals surface area (Å²) in [6.07, 6.45) is 2.20. The zero-order valence-corrected chi connectivity index (χ0v) is 16.1. The van der Waals surface area contributed by atoms with Crippen LogP contribution in [0.2, 0.25) is 0 Å². The van der Waals surface area contributed by atoms with Gasteiger partial charge in [0.15, 0.2) is 0 Å². The van der Waals surface area contributed by atoms with Crippen LogP contribution in [0.4, 0.5) is 0 Å². The van der Waals surface area contributed by atoms with Gasteiger partial charge >= 0.3 is 0 Å². The number of rotatable bonds is 3. The standard InChI is InChI=1S/C25H21N3/c1-17-12-13-20(14-18(17)2)24-22-16-28(15-19-8-4-3-5-9-19)23-11-7-6-10-21(23)25(22)27-26-24/h3-14,16H,15H2,1-2H3. The summed E-state index contributed by atoms with van der Waals surface area (Å²) >= 11 is 0. The molecule has 0 spiro atoms. The largest absolute Gasteiger partial charge is 0.342 e. The molecule has 3 heteroatoms. The Hall–Kier alpha value is -3.46. The molecule has 3 nitrogen and oxygen atoms in total. The zero-order chi connectivity index (χ0) is 19.1. The summed E-state index contributed by atoms with van der Waals surface area (Å²) in [5.41, 5.74) is 9.13. The van der Waals surface area contributed by atoms with Gasteiger partial charge in [0.2, 0.25) is 0 Å². The summed E-state index contributed by atoms with van der Waals surface area (Å²) in [4.78, 5) is 0. The maximum atomic E-state index is 4.57. The van der Waals surface area contributed by atoms with Crippen molar-refractivity contribution in [3.63, 3.8) is 0 Å². The minimum atomic E-state index is 0.814. The summed E-state index contributed by atoms with van der Waals surface area (Å²) in [5.74, 6) is 0. The van der Waals surface area contributed by atoms with Crippen LogP contribution in [0.15, 0.2) is 79.0 Å². The van der Waals surface area contributed by atoms with E-state index < -0.39 is 0 Å². The number of aromatic nitrogens is 3. The highest BCUT2D eigenvalue weighted by Crippen LogP contribution is 2.37. The highest BCUT2D eigenvalue weighted by molar-refractivity contribution is 5.98. The molecular weight excluding hydrogens is 342 g/mol. The Kier molecular flexibility index (Phi) is 3.94. The number of pyridine rings is 1. The first kappa shape index (κ1) is 16.7. The Morgan fingerprint density at radius 1 is 0.750 bits per heavy atom. The summed E-state index contributed by atoms with van der Waals surface area (Å²) in [5, 5.41) is 10.3. The third kappa shape index (κ3) is 2.76. The van der Waals surface area contributed by atoms with E-state index in [2.05, 4.69) is 108 Å². The first-order valence-electron chi connectivity index (χ1n) is 9.56. The van der Waals surface area contributed by atoms with Gasteiger partial charge in [-0.1, -0.05) is 60.7 Å². The number of benzene rings is 3. The van der Waals surface area contributed by atoms with Crippen LogP contribution in [0, 0.1) is 13.8 Å². The number of aryl methyl sites for hydroxylation is 2. The molecule has 0 amide bonds. The second kappa shape index (κ2) is 6.61. The highest BCUT2D eigenvalue weighted by Gasteiger charge is 2.20. The molecule has 0 unspecified atom stereocenters. The van der Waals surface area contributed by atoms with E-state index in [1.807, 2.05) is 0 Å². The molecule has 3 aromatic rings. The van der Waals surface area contributed by atoms with Crippen molar-refractivity contribution < 1.29 is 0 Å². The van der Waals surface area contributed by atoms with Gasteiger partial charge in [-0.25, -0.2) is 0 Å². The smallest absolute Gasteiger partial charge is 0.106 e. The van der Waals surface area contributed by atoms with Crippen molar-refractivity contribution in [2.45, 2.75) is 20.4 Å². The maximum absolute atomic E-state index is 4.57. The number of nitrogens with zero attached hydrogens (tertiary/aromatic N) is 3. The summed E-state index contributed by atoms with van der Waals surface area (Å²) in [6.45, 7) is 5.09. The summed E-state index contributed by atoms with van der Waals surface area (Å²) < 4.78 is 2.31. The van der Waals surface area contributed by atoms with E-state index >= 15 is 0 Å². The Morgan fingerprint density at radius 2 is 1.50 bits per heavy atom. The van der Waals surface area contributed by atoms with Crippen LogP contribution in [0.3, 0.4) is 0 Å². The Bertz CT molecular complexity index is 1250. The molecule has 0 fully saturated rings. The van der Waals surface area contributed by atoms with Gasteiger partial charge in [0.1, 0.15) is 11.4 Å². The lowest BCUT2D eigenvalue weighted by Crippen LogP contribution is -2.03. The Labute approximate surface area is 164 Å². The van der Waals surface area contributed by atoms with E-state index in [-0.39, 0.29) is 0 Å². The molecule has 3 aromatic carbocycles. The summed E-state index contributed by atoms with van der Waals surface area (Å²) in [7, 11) is 0. The predicted molar refractivity (Wildman–Crippen MR) is 115 cm³/mol. The van der Waals surface area contributed by atoms with Gasteiger partial charge in [0, 0.05) is 29.3 Å². The zero-order valence-electron chi connectivity index (χ0n) is 16.1. The second-order valence-corrected chi connectivity index (χ2v) is 7.37. The van der Waals surface area contributed by atoms with Crippen molar-refractivity contribution in [2.75, 3.05) is 0 Å². The molecule has 0 bridgehead atoms. The fraction of sp³-hybridized carbons (Fsp3) is 0.120. The number of fused-ring (bicyclic) bond motifs is 3. The Balaban J connectivity index is 1.73. The number of hydrogen-bond acceptors (Lipinski definition) is 2. The van der Waals surface area contributed by atoms with E-state index in [1.54, 1.807) is 0 Å². The lowest BCUT2D eigenvalue weighted by atomic mass is 9.99. The average molecular weight is 363 g/mol. The molecule has 2 heterocycles. The van der Waals surface area contributed by atoms with Crippen LogP contribution in [0.25, 0.3) is 33.4 Å². The van der Waals surface area contributed by atoms with Gasteiger partial charge in [-0.05, 0) is 42.7 Å². The van der Waals surface area contributed by atoms with Crippen molar-refractivity contribution in [3.8, 4) is 22.5 Å². The van der Waals surface area contributed by atoms with E-state index in [1.165, 1.54) is 22.2 Å². The van der Waals surface area contributed by atoms with Gasteiger partial charge < -0.3 is 4.57 Å². The first-order chi connectivity index (χ1) is 13.7. The predicted octanol–water partition coefficient (Wildman–Crippen LogP) is 5.87. The van der Waals surface area contributed by atoms with Crippen molar-refractivity contribution in [1.82, 2.24) is 14.8 Å². The quantitative estimate of drug-likeness (QED) is 0.401. The van der Waals surface area contributed by atoms with Crippen LogP contribution in [0.5, 0.6) is 0 Å². The molecular formula is C25H21N3. The molecule has 136 valence electrons. The molecule has 5 rings (SSSR count). The van der Waals surface area contributed by atoms with Gasteiger partial charge in [-0.3, -0.25) is 0 Å². The van der Waals surface area contributed by atoms with Crippen molar-refractivity contribution >= 4 is 10.9 Å². The maximum Gasteiger partial charge on any atom is 0.106 e. The van der Waals surface area contributed by atoms with Crippen LogP contribution >= 0.6 is 0 Å². The molecule has 2 aliphatic rings. The molecule has 0 radical (unpaired) electrons. The van der Waals surface area contributed by atoms with Gasteiger partial charge in [-0.15, -0.1) is 10.2 Å². The van der Waals surface area contributed by atoms with Gasteiger partial charge in [0.05, 0.1) is 5.52 Å². The van der Waals surface area contributed by atoms with E-state index in [9.17, 15) is 0 Å². The average Bonchev–Trinajstić information content (AvgIpc) is 3.15. The molecule has 28 heavy (non-hydrogen) atoms. The Morgan fingerprint density at radius 3 is 2.32 bits per heavy atom. The molecule has 0 saturated carbocycles. The third-order valence-corrected chi connectivity index (χ3v) is 5.49.